The van der Waals surface area contributed by atoms with E-state index in [0.717, 1.165) is 0 Å². The van der Waals surface area contributed by atoms with Gasteiger partial charge in [-0.05, 0) is 20.8 Å². The molecule has 2 nitrogen and oxygen atoms in total. The predicted molar refractivity (Wildman–Crippen MR) is 51.5 cm³/mol. The van der Waals surface area contributed by atoms with E-state index in [9.17, 15) is 8.78 Å². The number of piperidine rings is 1. The van der Waals surface area contributed by atoms with Crippen molar-refractivity contribution >= 4 is 0 Å². The second kappa shape index (κ2) is 3.74. The molecule has 0 radical (unpaired) electrons. The molecule has 0 spiro atoms. The van der Waals surface area contributed by atoms with E-state index >= 15 is 0 Å². The average Bonchev–Trinajstić information content (AvgIpc) is 2.01. The van der Waals surface area contributed by atoms with Gasteiger partial charge in [-0.25, -0.2) is 8.78 Å². The molecular weight excluding hydrogens is 188 g/mol. The number of halogens is 2. The molecule has 0 saturated carbocycles. The molecule has 1 N–H and O–H groups in total. The zero-order valence-electron chi connectivity index (χ0n) is 9.06. The van der Waals surface area contributed by atoms with Crippen molar-refractivity contribution in [3.8, 4) is 0 Å². The van der Waals surface area contributed by atoms with Crippen LogP contribution in [-0.4, -0.2) is 41.2 Å². The van der Waals surface area contributed by atoms with E-state index in [-0.39, 0.29) is 18.5 Å². The lowest BCUT2D eigenvalue weighted by molar-refractivity contribution is -0.132. The molecule has 1 aliphatic rings. The summed E-state index contributed by atoms with van der Waals surface area (Å²) in [6.45, 7) is 6.28. The highest BCUT2D eigenvalue weighted by Crippen LogP contribution is 2.35. The first-order valence-corrected chi connectivity index (χ1v) is 5.01. The molecule has 0 aromatic carbocycles. The average molecular weight is 207 g/mol. The Bertz CT molecular complexity index is 201. The summed E-state index contributed by atoms with van der Waals surface area (Å²) in [5.74, 6) is -3.60. The Kier molecular flexibility index (Phi) is 3.17. The number of hydrogen-bond acceptors (Lipinski definition) is 2. The summed E-state index contributed by atoms with van der Waals surface area (Å²) in [7, 11) is 0. The minimum Gasteiger partial charge on any atom is -0.396 e. The van der Waals surface area contributed by atoms with Crippen molar-refractivity contribution in [2.24, 2.45) is 5.92 Å². The van der Waals surface area contributed by atoms with Crippen molar-refractivity contribution in [1.29, 1.82) is 0 Å². The Hall–Kier alpha value is -0.220. The van der Waals surface area contributed by atoms with Gasteiger partial charge in [-0.3, -0.25) is 4.90 Å². The first kappa shape index (κ1) is 11.9. The number of hydrogen-bond donors (Lipinski definition) is 1. The van der Waals surface area contributed by atoms with Crippen molar-refractivity contribution in [1.82, 2.24) is 4.90 Å². The fraction of sp³-hybridized carbons (Fsp3) is 1.00. The summed E-state index contributed by atoms with van der Waals surface area (Å²) in [4.78, 5) is 2.01. The van der Waals surface area contributed by atoms with E-state index in [4.69, 9.17) is 5.11 Å². The number of nitrogens with zero attached hydrogens (tertiary/aromatic N) is 1. The molecule has 1 aliphatic heterocycles. The van der Waals surface area contributed by atoms with Crippen molar-refractivity contribution in [2.45, 2.75) is 38.7 Å². The Balaban J connectivity index is 2.67. The number of aliphatic hydroxyl groups excluding tert-OH is 1. The monoisotopic (exact) mass is 207 g/mol. The number of aliphatic hydroxyl groups is 1. The maximum absolute atomic E-state index is 13.2. The van der Waals surface area contributed by atoms with Crippen LogP contribution in [0.5, 0.6) is 0 Å². The fourth-order valence-corrected chi connectivity index (χ4v) is 1.78. The topological polar surface area (TPSA) is 23.5 Å². The molecule has 0 aliphatic carbocycles. The van der Waals surface area contributed by atoms with Gasteiger partial charge >= 0.3 is 0 Å². The number of alkyl halides is 2. The molecule has 1 heterocycles. The van der Waals surface area contributed by atoms with Crippen LogP contribution >= 0.6 is 0 Å². The zero-order valence-corrected chi connectivity index (χ0v) is 9.06. The Labute approximate surface area is 83.9 Å². The van der Waals surface area contributed by atoms with E-state index in [0.29, 0.717) is 6.54 Å². The maximum Gasteiger partial charge on any atom is 0.255 e. The molecule has 1 saturated heterocycles. The molecule has 1 rings (SSSR count). The summed E-state index contributed by atoms with van der Waals surface area (Å²) in [6.07, 6.45) is -0.143. The quantitative estimate of drug-likeness (QED) is 0.708. The molecular formula is C10H19F2NO. The lowest BCUT2D eigenvalue weighted by Gasteiger charge is -2.44. The molecule has 84 valence electrons. The van der Waals surface area contributed by atoms with Crippen LogP contribution < -0.4 is 0 Å². The highest BCUT2D eigenvalue weighted by Gasteiger charge is 2.45. The van der Waals surface area contributed by atoms with Crippen molar-refractivity contribution in [2.75, 3.05) is 19.7 Å². The molecule has 1 atom stereocenters. The summed E-state index contributed by atoms with van der Waals surface area (Å²) in [6, 6.07) is 0. The maximum atomic E-state index is 13.2. The third-order valence-corrected chi connectivity index (χ3v) is 2.92. The van der Waals surface area contributed by atoms with E-state index in [2.05, 4.69) is 0 Å². The number of rotatable bonds is 1. The van der Waals surface area contributed by atoms with Gasteiger partial charge in [0.25, 0.3) is 5.92 Å². The van der Waals surface area contributed by atoms with E-state index in [1.807, 2.05) is 25.7 Å². The van der Waals surface area contributed by atoms with Crippen LogP contribution in [0.25, 0.3) is 0 Å². The van der Waals surface area contributed by atoms with Gasteiger partial charge in [0.1, 0.15) is 0 Å². The molecule has 0 aromatic rings. The van der Waals surface area contributed by atoms with E-state index in [1.54, 1.807) is 0 Å². The molecule has 14 heavy (non-hydrogen) atoms. The smallest absolute Gasteiger partial charge is 0.255 e. The van der Waals surface area contributed by atoms with Crippen LogP contribution in [0.2, 0.25) is 0 Å². The molecule has 0 bridgehead atoms. The lowest BCUT2D eigenvalue weighted by atomic mass is 9.91. The van der Waals surface area contributed by atoms with Gasteiger partial charge in [0.05, 0.1) is 12.5 Å². The zero-order chi connectivity index (χ0) is 11.0. The van der Waals surface area contributed by atoms with Crippen LogP contribution in [-0.2, 0) is 0 Å². The normalized spacial score (nSPS) is 29.1. The van der Waals surface area contributed by atoms with Crippen molar-refractivity contribution < 1.29 is 13.9 Å². The minimum absolute atomic E-state index is 0.0933. The van der Waals surface area contributed by atoms with Gasteiger partial charge in [-0.1, -0.05) is 0 Å². The Morgan fingerprint density at radius 2 is 2.00 bits per heavy atom. The molecule has 1 fully saturated rings. The second-order valence-corrected chi connectivity index (χ2v) is 5.01. The van der Waals surface area contributed by atoms with Crippen LogP contribution in [0.4, 0.5) is 8.78 Å². The van der Waals surface area contributed by atoms with Gasteiger partial charge < -0.3 is 5.11 Å². The van der Waals surface area contributed by atoms with Crippen molar-refractivity contribution in [3.05, 3.63) is 0 Å². The standard InChI is InChI=1S/C10H19F2NO/c1-9(2,3)13-5-4-10(11,12)8(6-13)7-14/h8,14H,4-7H2,1-3H3. The SMILES string of the molecule is CC(C)(C)N1CCC(F)(F)C(CO)C1. The Morgan fingerprint density at radius 1 is 1.43 bits per heavy atom. The first-order valence-electron chi connectivity index (χ1n) is 5.01. The summed E-state index contributed by atoms with van der Waals surface area (Å²) < 4.78 is 26.5. The van der Waals surface area contributed by atoms with Crippen LogP contribution in [0.15, 0.2) is 0 Å². The van der Waals surface area contributed by atoms with E-state index < -0.39 is 18.4 Å². The largest absolute Gasteiger partial charge is 0.396 e. The third-order valence-electron chi connectivity index (χ3n) is 2.92. The molecule has 1 unspecified atom stereocenters. The Morgan fingerprint density at radius 3 is 2.43 bits per heavy atom. The van der Waals surface area contributed by atoms with Gasteiger partial charge in [0.15, 0.2) is 0 Å². The van der Waals surface area contributed by atoms with Crippen LogP contribution in [0.3, 0.4) is 0 Å². The van der Waals surface area contributed by atoms with Gasteiger partial charge in [0, 0.05) is 25.0 Å². The van der Waals surface area contributed by atoms with E-state index in [1.165, 1.54) is 0 Å². The predicted octanol–water partition coefficient (Wildman–Crippen LogP) is 1.73. The third kappa shape index (κ3) is 2.42. The summed E-state index contributed by atoms with van der Waals surface area (Å²) >= 11 is 0. The fourth-order valence-electron chi connectivity index (χ4n) is 1.78. The number of likely N-dealkylation sites (tertiary alicyclic amines) is 1. The van der Waals surface area contributed by atoms with Gasteiger partial charge in [0.2, 0.25) is 0 Å². The second-order valence-electron chi connectivity index (χ2n) is 5.01. The lowest BCUT2D eigenvalue weighted by Crippen LogP contribution is -2.54. The van der Waals surface area contributed by atoms with Gasteiger partial charge in [-0.15, -0.1) is 0 Å². The van der Waals surface area contributed by atoms with Crippen molar-refractivity contribution in [3.63, 3.8) is 0 Å². The molecule has 0 aromatic heterocycles. The highest BCUT2D eigenvalue weighted by atomic mass is 19.3. The summed E-state index contributed by atoms with van der Waals surface area (Å²) in [5.41, 5.74) is -0.0933. The van der Waals surface area contributed by atoms with Crippen LogP contribution in [0.1, 0.15) is 27.2 Å². The summed E-state index contributed by atoms with van der Waals surface area (Å²) in [5, 5.41) is 8.90. The van der Waals surface area contributed by atoms with Gasteiger partial charge in [-0.2, -0.15) is 0 Å². The minimum atomic E-state index is -2.70. The highest BCUT2D eigenvalue weighted by molar-refractivity contribution is 4.90. The molecule has 0 amide bonds. The first-order chi connectivity index (χ1) is 6.27. The molecule has 4 heteroatoms. The van der Waals surface area contributed by atoms with Crippen LogP contribution in [0, 0.1) is 5.92 Å².